The number of aromatic nitrogens is 4. The first-order valence-corrected chi connectivity index (χ1v) is 12.4. The lowest BCUT2D eigenvalue weighted by atomic mass is 9.94. The topological polar surface area (TPSA) is 258 Å². The van der Waals surface area contributed by atoms with E-state index in [9.17, 15) is 32.5 Å². The van der Waals surface area contributed by atoms with Gasteiger partial charge in [0.15, 0.2) is 10.8 Å². The second-order valence-corrected chi connectivity index (χ2v) is 10.2. The summed E-state index contributed by atoms with van der Waals surface area (Å²) in [6.45, 7) is 2.99. The lowest BCUT2D eigenvalue weighted by Crippen LogP contribution is -2.73. The van der Waals surface area contributed by atoms with Gasteiger partial charge in [0.1, 0.15) is 11.7 Å². The van der Waals surface area contributed by atoms with E-state index in [2.05, 4.69) is 25.8 Å². The molecule has 2 amide bonds. The molecule has 7 N–H and O–H groups in total. The number of hydrogen-bond acceptors (Lipinski definition) is 13. The molecule has 19 heteroatoms. The summed E-state index contributed by atoms with van der Waals surface area (Å²) in [5.41, 5.74) is 8.93. The summed E-state index contributed by atoms with van der Waals surface area (Å²) in [6.07, 6.45) is 1.28. The average molecular weight is 546 g/mol. The number of nitrogens with one attached hydrogen (secondary N) is 1. The Labute approximate surface area is 208 Å². The second kappa shape index (κ2) is 10.1. The molecule has 0 spiro atoms. The van der Waals surface area contributed by atoms with Crippen molar-refractivity contribution in [2.45, 2.75) is 44.5 Å². The number of carboxylic acids is 1. The molecule has 17 nitrogen and oxygen atoms in total. The lowest BCUT2D eigenvalue weighted by Gasteiger charge is -2.43. The number of anilines is 1. The van der Waals surface area contributed by atoms with E-state index in [-0.39, 0.29) is 33.8 Å². The standard InChI is InChI=1S/C17H23N9O8S2/c1-17(2,15(29)30)34-23-11(9-7-35-16(19)20-9)13(27)21-12-10(26(14(12)28)36(31,32)33)5-8-6-25(4-3-18)24-22-8/h6-7,10,12H,3-5,18H2,1-2H3,(H2,19,20)(H,21,27)(H,29,30)(H,31,32,33)/b23-11+/t10-,12+/m1/s1. The zero-order chi connectivity index (χ0) is 26.8. The highest BCUT2D eigenvalue weighted by Gasteiger charge is 2.54. The van der Waals surface area contributed by atoms with Crippen molar-refractivity contribution in [3.63, 3.8) is 0 Å². The van der Waals surface area contributed by atoms with Gasteiger partial charge in [-0.2, -0.15) is 8.42 Å². The van der Waals surface area contributed by atoms with Crippen LogP contribution in [0, 0.1) is 0 Å². The molecule has 36 heavy (non-hydrogen) atoms. The Bertz CT molecular complexity index is 1300. The number of hydrogen-bond donors (Lipinski definition) is 5. The van der Waals surface area contributed by atoms with Gasteiger partial charge in [-0.15, -0.1) is 16.4 Å². The van der Waals surface area contributed by atoms with E-state index in [4.69, 9.17) is 16.3 Å². The fourth-order valence-electron chi connectivity index (χ4n) is 3.06. The van der Waals surface area contributed by atoms with Crippen molar-refractivity contribution in [2.75, 3.05) is 12.3 Å². The van der Waals surface area contributed by atoms with E-state index >= 15 is 0 Å². The van der Waals surface area contributed by atoms with Gasteiger partial charge in [-0.3, -0.25) is 18.8 Å². The van der Waals surface area contributed by atoms with Gasteiger partial charge < -0.3 is 26.7 Å². The fraction of sp³-hybridized carbons (Fsp3) is 0.471. The molecule has 1 aliphatic heterocycles. The van der Waals surface area contributed by atoms with Crippen molar-refractivity contribution in [3.05, 3.63) is 23.0 Å². The third-order valence-corrected chi connectivity index (χ3v) is 6.55. The van der Waals surface area contributed by atoms with Crippen molar-refractivity contribution < 1.29 is 37.3 Å². The maximum absolute atomic E-state index is 13.1. The Morgan fingerprint density at radius 3 is 2.64 bits per heavy atom. The Kier molecular flexibility index (Phi) is 7.57. The largest absolute Gasteiger partial charge is 0.478 e. The number of amides is 2. The Morgan fingerprint density at radius 1 is 1.39 bits per heavy atom. The van der Waals surface area contributed by atoms with Crippen molar-refractivity contribution >= 4 is 50.3 Å². The zero-order valence-corrected chi connectivity index (χ0v) is 20.6. The molecule has 1 fully saturated rings. The van der Waals surface area contributed by atoms with Crippen molar-refractivity contribution in [3.8, 4) is 0 Å². The number of carboxylic acid groups (broad SMARTS) is 1. The molecule has 0 unspecified atom stereocenters. The number of rotatable bonds is 11. The first-order chi connectivity index (χ1) is 16.7. The number of oxime groups is 1. The van der Waals surface area contributed by atoms with E-state index in [1.807, 2.05) is 0 Å². The van der Waals surface area contributed by atoms with Gasteiger partial charge in [-0.25, -0.2) is 14.1 Å². The number of carbonyl (C=O) groups is 3. The Morgan fingerprint density at radius 2 is 2.08 bits per heavy atom. The van der Waals surface area contributed by atoms with Gasteiger partial charge >= 0.3 is 16.3 Å². The number of nitrogens with zero attached hydrogens (tertiary/aromatic N) is 6. The Balaban J connectivity index is 1.88. The van der Waals surface area contributed by atoms with Crippen molar-refractivity contribution in [2.24, 2.45) is 10.9 Å². The van der Waals surface area contributed by atoms with Crippen LogP contribution in [0.25, 0.3) is 0 Å². The molecule has 2 atom stereocenters. The van der Waals surface area contributed by atoms with Crippen LogP contribution in [0.4, 0.5) is 5.13 Å². The van der Waals surface area contributed by atoms with E-state index < -0.39 is 51.5 Å². The summed E-state index contributed by atoms with van der Waals surface area (Å²) in [4.78, 5) is 45.9. The number of β-lactam (4-membered cyclic amide) rings is 1. The molecule has 0 radical (unpaired) electrons. The van der Waals surface area contributed by atoms with E-state index in [1.54, 1.807) is 0 Å². The highest BCUT2D eigenvalue weighted by Crippen LogP contribution is 2.27. The molecule has 2 aromatic heterocycles. The number of nitrogen functional groups attached to an aromatic ring is 1. The minimum Gasteiger partial charge on any atom is -0.478 e. The monoisotopic (exact) mass is 545 g/mol. The summed E-state index contributed by atoms with van der Waals surface area (Å²) >= 11 is 0.961. The number of nitrogens with two attached hydrogens (primary N) is 2. The fourth-order valence-corrected chi connectivity index (χ4v) is 4.49. The normalized spacial score (nSPS) is 18.6. The number of thiazole rings is 1. The van der Waals surface area contributed by atoms with Crippen molar-refractivity contribution in [1.29, 1.82) is 0 Å². The molecule has 1 aliphatic rings. The first-order valence-electron chi connectivity index (χ1n) is 10.2. The molecule has 0 aliphatic carbocycles. The van der Waals surface area contributed by atoms with Gasteiger partial charge in [0.05, 0.1) is 18.3 Å². The molecule has 0 saturated carbocycles. The van der Waals surface area contributed by atoms with Crippen LogP contribution < -0.4 is 16.8 Å². The minimum atomic E-state index is -4.95. The van der Waals surface area contributed by atoms with E-state index in [0.29, 0.717) is 6.54 Å². The smallest absolute Gasteiger partial charge is 0.362 e. The van der Waals surface area contributed by atoms with Gasteiger partial charge in [0, 0.05) is 24.5 Å². The summed E-state index contributed by atoms with van der Waals surface area (Å²) in [5.74, 6) is -3.52. The third-order valence-electron chi connectivity index (χ3n) is 4.93. The molecule has 196 valence electrons. The average Bonchev–Trinajstić information content (AvgIpc) is 3.39. The summed E-state index contributed by atoms with van der Waals surface area (Å²) in [7, 11) is -4.95. The zero-order valence-electron chi connectivity index (χ0n) is 18.9. The van der Waals surface area contributed by atoms with Crippen LogP contribution >= 0.6 is 11.3 Å². The molecule has 0 bridgehead atoms. The maximum atomic E-state index is 13.1. The predicted molar refractivity (Wildman–Crippen MR) is 123 cm³/mol. The summed E-state index contributed by atoms with van der Waals surface area (Å²) < 4.78 is 34.6. The predicted octanol–water partition coefficient (Wildman–Crippen LogP) is -2.40. The van der Waals surface area contributed by atoms with Gasteiger partial charge in [-0.05, 0) is 13.8 Å². The van der Waals surface area contributed by atoms with E-state index in [0.717, 1.165) is 11.3 Å². The highest BCUT2D eigenvalue weighted by atomic mass is 32.2. The van der Waals surface area contributed by atoms with E-state index in [1.165, 1.54) is 30.1 Å². The number of aliphatic carboxylic acids is 1. The van der Waals surface area contributed by atoms with Crippen molar-refractivity contribution in [1.82, 2.24) is 29.6 Å². The minimum absolute atomic E-state index is 0.0682. The van der Waals surface area contributed by atoms with Gasteiger partial charge in [0.25, 0.3) is 11.8 Å². The molecule has 3 rings (SSSR count). The quantitative estimate of drug-likeness (QED) is 0.0854. The number of carbonyl (C=O) groups excluding carboxylic acids is 2. The third kappa shape index (κ3) is 5.75. The maximum Gasteiger partial charge on any atom is 0.362 e. The SMILES string of the molecule is CC(C)(O/N=C(/C(=O)N[C@@H]1C(=O)N(S(=O)(=O)O)[C@@H]1Cc1cn(CCN)nn1)c1csc(N)n1)C(=O)O. The van der Waals surface area contributed by atoms with Crippen LogP contribution in [0.1, 0.15) is 25.2 Å². The van der Waals surface area contributed by atoms with Crippen LogP contribution in [0.15, 0.2) is 16.7 Å². The van der Waals surface area contributed by atoms with Gasteiger partial charge in [0.2, 0.25) is 5.60 Å². The van der Waals surface area contributed by atoms with Gasteiger partial charge in [-0.1, -0.05) is 10.4 Å². The molecular weight excluding hydrogens is 522 g/mol. The Hall–Kier alpha value is -3.68. The molecule has 1 saturated heterocycles. The van der Waals surface area contributed by atoms with Crippen LogP contribution in [0.3, 0.4) is 0 Å². The molecule has 0 aromatic carbocycles. The molecular formula is C17H23N9O8S2. The van der Waals surface area contributed by atoms with Crippen LogP contribution in [0.2, 0.25) is 0 Å². The van der Waals surface area contributed by atoms with Crippen LogP contribution in [-0.4, -0.2) is 90.1 Å². The lowest BCUT2D eigenvalue weighted by molar-refractivity contribution is -0.161. The second-order valence-electron chi connectivity index (χ2n) is 8.01. The van der Waals surface area contributed by atoms with Crippen LogP contribution in [-0.2, 0) is 42.5 Å². The molecule has 3 heterocycles. The summed E-state index contributed by atoms with van der Waals surface area (Å²) in [6, 6.07) is -2.68. The first kappa shape index (κ1) is 26.9. The van der Waals surface area contributed by atoms with Crippen LogP contribution in [0.5, 0.6) is 0 Å². The molecule has 2 aromatic rings. The highest BCUT2D eigenvalue weighted by molar-refractivity contribution is 7.84. The summed E-state index contributed by atoms with van der Waals surface area (Å²) in [5, 5.41) is 24.3.